The molecule has 0 aromatic heterocycles. The molecule has 25 heavy (non-hydrogen) atoms. The molecule has 1 aromatic rings. The van der Waals surface area contributed by atoms with E-state index in [0.29, 0.717) is 29.6 Å². The fourth-order valence-electron chi connectivity index (χ4n) is 2.97. The van der Waals surface area contributed by atoms with E-state index in [-0.39, 0.29) is 29.3 Å². The molecule has 0 spiro atoms. The van der Waals surface area contributed by atoms with E-state index >= 15 is 0 Å². The highest BCUT2D eigenvalue weighted by molar-refractivity contribution is 9.10. The van der Waals surface area contributed by atoms with Gasteiger partial charge in [0.25, 0.3) is 5.91 Å². The predicted molar refractivity (Wildman–Crippen MR) is 104 cm³/mol. The van der Waals surface area contributed by atoms with Crippen LogP contribution in [0.25, 0.3) is 0 Å². The number of hydrogen-bond donors (Lipinski definition) is 1. The van der Waals surface area contributed by atoms with Crippen molar-refractivity contribution in [2.45, 2.75) is 25.8 Å². The molecule has 146 valence electrons. The molecule has 9 heteroatoms. The third-order valence-electron chi connectivity index (χ3n) is 4.13. The molecule has 0 saturated carbocycles. The number of benzene rings is 1. The number of nitrogens with zero attached hydrogens (tertiary/aromatic N) is 1. The molecule has 1 heterocycles. The van der Waals surface area contributed by atoms with Crippen LogP contribution in [-0.4, -0.2) is 61.7 Å². The molecule has 1 aliphatic rings. The quantitative estimate of drug-likeness (QED) is 0.716. The topological polar surface area (TPSA) is 114 Å². The van der Waals surface area contributed by atoms with E-state index in [0.717, 1.165) is 24.0 Å². The van der Waals surface area contributed by atoms with Gasteiger partial charge in [-0.1, -0.05) is 6.92 Å². The molecule has 1 unspecified atom stereocenters. The van der Waals surface area contributed by atoms with Gasteiger partial charge in [0.15, 0.2) is 0 Å². The van der Waals surface area contributed by atoms with Crippen LogP contribution < -0.4 is 14.8 Å². The average molecular weight is 444 g/mol. The van der Waals surface area contributed by atoms with Crippen LogP contribution in [-0.2, 0) is 0 Å². The van der Waals surface area contributed by atoms with Crippen molar-refractivity contribution in [2.24, 2.45) is 0 Å². The lowest BCUT2D eigenvalue weighted by Crippen LogP contribution is -2.40. The molecule has 1 aliphatic heterocycles. The summed E-state index contributed by atoms with van der Waals surface area (Å²) in [7, 11) is 3.10. The van der Waals surface area contributed by atoms with Crippen molar-refractivity contribution < 1.29 is 25.2 Å². The maximum atomic E-state index is 12.6. The number of hydrogen-bond acceptors (Lipinski definition) is 4. The highest BCUT2D eigenvalue weighted by Crippen LogP contribution is 2.35. The first-order chi connectivity index (χ1) is 10.6. The molecule has 2 rings (SSSR count). The molecule has 1 atom stereocenters. The van der Waals surface area contributed by atoms with Gasteiger partial charge in [-0.3, -0.25) is 9.69 Å². The summed E-state index contributed by atoms with van der Waals surface area (Å²) in [6.45, 7) is 4.93. The van der Waals surface area contributed by atoms with Gasteiger partial charge in [0.1, 0.15) is 17.1 Å². The largest absolute Gasteiger partial charge is 0.496 e. The molecule has 5 N–H and O–H groups in total. The summed E-state index contributed by atoms with van der Waals surface area (Å²) in [6, 6.07) is 3.98. The lowest BCUT2D eigenvalue weighted by molar-refractivity contribution is 0.0935. The molecular formula is C16H28BrClN2O5. The molecule has 1 fully saturated rings. The number of likely N-dealkylation sites (tertiary alicyclic amines) is 1. The summed E-state index contributed by atoms with van der Waals surface area (Å²) < 4.78 is 11.4. The third kappa shape index (κ3) is 6.00. The Morgan fingerprint density at radius 2 is 2.00 bits per heavy atom. The normalized spacial score (nSPS) is 16.1. The fraction of sp³-hybridized carbons (Fsp3) is 0.562. The van der Waals surface area contributed by atoms with Crippen LogP contribution in [0, 0.1) is 0 Å². The van der Waals surface area contributed by atoms with Crippen molar-refractivity contribution in [1.29, 1.82) is 0 Å². The fourth-order valence-corrected chi connectivity index (χ4v) is 3.46. The number of rotatable bonds is 6. The zero-order valence-electron chi connectivity index (χ0n) is 14.7. The first-order valence-corrected chi connectivity index (χ1v) is 8.34. The number of ether oxygens (including phenoxy) is 2. The van der Waals surface area contributed by atoms with E-state index in [2.05, 4.69) is 33.1 Å². The Bertz CT molecular complexity index is 548. The molecule has 7 nitrogen and oxygen atoms in total. The zero-order chi connectivity index (χ0) is 16.1. The Hall–Kier alpha value is -1.06. The molecule has 1 saturated heterocycles. The van der Waals surface area contributed by atoms with Crippen molar-refractivity contribution in [3.63, 3.8) is 0 Å². The maximum absolute atomic E-state index is 12.6. The van der Waals surface area contributed by atoms with Crippen molar-refractivity contribution in [3.8, 4) is 11.5 Å². The highest BCUT2D eigenvalue weighted by atomic mass is 79.9. The maximum Gasteiger partial charge on any atom is 0.258 e. The zero-order valence-corrected chi connectivity index (χ0v) is 17.1. The van der Waals surface area contributed by atoms with Gasteiger partial charge in [-0.25, -0.2) is 0 Å². The Balaban J connectivity index is 0. The van der Waals surface area contributed by atoms with Gasteiger partial charge in [0.2, 0.25) is 0 Å². The SMILES string of the molecule is CCN1CCCC1CNC(=O)c1c(OC)ccc(Br)c1OC.Cl.O.O. The summed E-state index contributed by atoms with van der Waals surface area (Å²) in [5.74, 6) is 0.838. The van der Waals surface area contributed by atoms with Crippen LogP contribution in [0.1, 0.15) is 30.1 Å². The molecular weight excluding hydrogens is 416 g/mol. The minimum Gasteiger partial charge on any atom is -0.496 e. The Kier molecular flexibility index (Phi) is 12.9. The number of nitrogens with one attached hydrogen (secondary N) is 1. The second-order valence-corrected chi connectivity index (χ2v) is 6.15. The Morgan fingerprint density at radius 1 is 1.32 bits per heavy atom. The first kappa shape index (κ1) is 26.2. The summed E-state index contributed by atoms with van der Waals surface area (Å²) in [4.78, 5) is 15.0. The predicted octanol–water partition coefficient (Wildman–Crippen LogP) is 1.45. The van der Waals surface area contributed by atoms with Gasteiger partial charge < -0.3 is 25.7 Å². The van der Waals surface area contributed by atoms with Crippen LogP contribution in [0.2, 0.25) is 0 Å². The van der Waals surface area contributed by atoms with E-state index < -0.39 is 0 Å². The lowest BCUT2D eigenvalue weighted by atomic mass is 10.1. The summed E-state index contributed by atoms with van der Waals surface area (Å²) in [6.07, 6.45) is 2.32. The molecule has 0 aliphatic carbocycles. The lowest BCUT2D eigenvalue weighted by Gasteiger charge is -2.23. The van der Waals surface area contributed by atoms with Crippen LogP contribution in [0.3, 0.4) is 0 Å². The van der Waals surface area contributed by atoms with E-state index in [1.165, 1.54) is 6.42 Å². The molecule has 0 bridgehead atoms. The Morgan fingerprint density at radius 3 is 2.56 bits per heavy atom. The summed E-state index contributed by atoms with van der Waals surface area (Å²) in [5, 5.41) is 3.02. The van der Waals surface area contributed by atoms with E-state index in [1.54, 1.807) is 20.3 Å². The van der Waals surface area contributed by atoms with E-state index in [4.69, 9.17) is 9.47 Å². The van der Waals surface area contributed by atoms with Crippen LogP contribution in [0.4, 0.5) is 0 Å². The minimum atomic E-state index is -0.169. The molecule has 1 aromatic carbocycles. The van der Waals surface area contributed by atoms with Crippen LogP contribution in [0.15, 0.2) is 16.6 Å². The van der Waals surface area contributed by atoms with Gasteiger partial charge in [0.05, 0.1) is 18.7 Å². The number of carbonyl (C=O) groups is 1. The van der Waals surface area contributed by atoms with Crippen molar-refractivity contribution in [3.05, 3.63) is 22.2 Å². The van der Waals surface area contributed by atoms with Gasteiger partial charge in [-0.15, -0.1) is 12.4 Å². The summed E-state index contributed by atoms with van der Waals surface area (Å²) in [5.41, 5.74) is 0.431. The van der Waals surface area contributed by atoms with Crippen molar-refractivity contribution >= 4 is 34.2 Å². The van der Waals surface area contributed by atoms with E-state index in [9.17, 15) is 4.79 Å². The standard InChI is InChI=1S/C16H23BrN2O3.ClH.2H2O/c1-4-19-9-5-6-11(19)10-18-16(20)14-13(21-2)8-7-12(17)15(14)22-3;;;/h7-8,11H,4-6,9-10H2,1-3H3,(H,18,20);1H;2*1H2. The average Bonchev–Trinajstić information content (AvgIpc) is 2.99. The minimum absolute atomic E-state index is 0. The first-order valence-electron chi connectivity index (χ1n) is 7.55. The Labute approximate surface area is 163 Å². The summed E-state index contributed by atoms with van der Waals surface area (Å²) >= 11 is 3.41. The highest BCUT2D eigenvalue weighted by Gasteiger charge is 2.25. The van der Waals surface area contributed by atoms with E-state index in [1.807, 2.05) is 6.07 Å². The number of likely N-dealkylation sites (N-methyl/N-ethyl adjacent to an activating group) is 1. The van der Waals surface area contributed by atoms with Crippen molar-refractivity contribution in [2.75, 3.05) is 33.9 Å². The number of halogens is 2. The van der Waals surface area contributed by atoms with Gasteiger partial charge in [-0.05, 0) is 54.0 Å². The second kappa shape index (κ2) is 12.3. The molecule has 1 amide bonds. The number of carbonyl (C=O) groups excluding carboxylic acids is 1. The second-order valence-electron chi connectivity index (χ2n) is 5.29. The monoisotopic (exact) mass is 442 g/mol. The number of amides is 1. The van der Waals surface area contributed by atoms with Crippen LogP contribution in [0.5, 0.6) is 11.5 Å². The van der Waals surface area contributed by atoms with Crippen LogP contribution >= 0.6 is 28.3 Å². The van der Waals surface area contributed by atoms with Gasteiger partial charge in [-0.2, -0.15) is 0 Å². The van der Waals surface area contributed by atoms with Crippen molar-refractivity contribution in [1.82, 2.24) is 10.2 Å². The smallest absolute Gasteiger partial charge is 0.258 e. The van der Waals surface area contributed by atoms with Gasteiger partial charge >= 0.3 is 0 Å². The molecule has 0 radical (unpaired) electrons. The third-order valence-corrected chi connectivity index (χ3v) is 4.75. The van der Waals surface area contributed by atoms with Gasteiger partial charge in [0, 0.05) is 12.6 Å². The number of methoxy groups -OCH3 is 2.